The first kappa shape index (κ1) is 42.5. The number of rotatable bonds is 9. The lowest BCUT2D eigenvalue weighted by Gasteiger charge is -2.33. The summed E-state index contributed by atoms with van der Waals surface area (Å²) >= 11 is 0. The van der Waals surface area contributed by atoms with Gasteiger partial charge in [-0.1, -0.05) is 194 Å². The molecule has 3 aliphatic carbocycles. The molecule has 0 saturated carbocycles. The quantitative estimate of drug-likeness (QED) is 0.134. The van der Waals surface area contributed by atoms with Gasteiger partial charge in [-0.3, -0.25) is 0 Å². The summed E-state index contributed by atoms with van der Waals surface area (Å²) in [6.45, 7) is 8.92. The van der Waals surface area contributed by atoms with E-state index in [1.807, 2.05) is 0 Å². The third-order valence-electron chi connectivity index (χ3n) is 16.7. The van der Waals surface area contributed by atoms with Gasteiger partial charge >= 0.3 is 0 Å². The van der Waals surface area contributed by atoms with Crippen molar-refractivity contribution in [1.29, 1.82) is 0 Å². The van der Waals surface area contributed by atoms with Crippen LogP contribution in [0.15, 0.2) is 268 Å². The van der Waals surface area contributed by atoms with Crippen LogP contribution in [0.3, 0.4) is 0 Å². The Kier molecular flexibility index (Phi) is 9.43. The molecule has 2 heterocycles. The number of para-hydroxylation sites is 3. The minimum atomic E-state index is -0.489. The maximum Gasteiger partial charge on any atom is 0.128 e. The average molecular weight is 947 g/mol. The van der Waals surface area contributed by atoms with Crippen LogP contribution in [0.2, 0.25) is 0 Å². The summed E-state index contributed by atoms with van der Waals surface area (Å²) in [6.07, 6.45) is 11.1. The average Bonchev–Trinajstić information content (AvgIpc) is 4.22. The lowest BCUT2D eigenvalue weighted by molar-refractivity contribution is 0.269. The molecule has 74 heavy (non-hydrogen) atoms. The summed E-state index contributed by atoms with van der Waals surface area (Å²) in [6, 6.07) is 83.0. The van der Waals surface area contributed by atoms with E-state index in [0.717, 1.165) is 28.4 Å². The van der Waals surface area contributed by atoms with Crippen molar-refractivity contribution in [3.05, 3.63) is 307 Å². The summed E-state index contributed by atoms with van der Waals surface area (Å²) in [5.41, 5.74) is 20.3. The maximum atomic E-state index is 6.66. The Hall–Kier alpha value is -9.18. The van der Waals surface area contributed by atoms with Crippen LogP contribution in [0, 0.1) is 0 Å². The van der Waals surface area contributed by atoms with Gasteiger partial charge in [0, 0.05) is 56.1 Å². The fourth-order valence-electron chi connectivity index (χ4n) is 13.5. The molecular formula is C71H50N2O. The highest BCUT2D eigenvalue weighted by Gasteiger charge is 2.51. The van der Waals surface area contributed by atoms with Gasteiger partial charge in [-0.15, -0.1) is 13.2 Å². The number of hydrogen-bond donors (Lipinski definition) is 0. The van der Waals surface area contributed by atoms with E-state index in [1.165, 1.54) is 93.8 Å². The first-order chi connectivity index (χ1) is 36.6. The Morgan fingerprint density at radius 3 is 1.68 bits per heavy atom. The van der Waals surface area contributed by atoms with Crippen molar-refractivity contribution < 1.29 is 4.74 Å². The van der Waals surface area contributed by atoms with Crippen LogP contribution in [-0.4, -0.2) is 10.7 Å². The van der Waals surface area contributed by atoms with Crippen molar-refractivity contribution in [1.82, 2.24) is 4.57 Å². The van der Waals surface area contributed by atoms with Crippen LogP contribution in [-0.2, 0) is 5.41 Å². The SMILES string of the molecule is C=CC(c1ccc(N(c2ccc3c(c2)C2(c4ccccc4-c4ccccc42)c2ccccc2-3)c2ccccc2C2=CC3c4cc5ccccc5cc4OC3C=C2)cc1)C(C=C)n1c2ccccc2c2ccccc21. The topological polar surface area (TPSA) is 17.4 Å². The van der Waals surface area contributed by atoms with Gasteiger partial charge < -0.3 is 14.2 Å². The van der Waals surface area contributed by atoms with E-state index < -0.39 is 5.41 Å². The highest BCUT2D eigenvalue weighted by atomic mass is 16.5. The van der Waals surface area contributed by atoms with Crippen molar-refractivity contribution in [2.75, 3.05) is 4.90 Å². The molecule has 1 spiro atoms. The third-order valence-corrected chi connectivity index (χ3v) is 16.7. The van der Waals surface area contributed by atoms with Gasteiger partial charge in [0.15, 0.2) is 0 Å². The summed E-state index contributed by atoms with van der Waals surface area (Å²) in [7, 11) is 0. The smallest absolute Gasteiger partial charge is 0.128 e. The van der Waals surface area contributed by atoms with Gasteiger partial charge in [-0.2, -0.15) is 0 Å². The van der Waals surface area contributed by atoms with Gasteiger partial charge in [-0.05, 0) is 127 Å². The Balaban J connectivity index is 0.910. The Morgan fingerprint density at radius 2 is 1.04 bits per heavy atom. The molecule has 3 nitrogen and oxygen atoms in total. The summed E-state index contributed by atoms with van der Waals surface area (Å²) in [5.74, 6) is 0.995. The molecule has 350 valence electrons. The van der Waals surface area contributed by atoms with Crippen molar-refractivity contribution in [2.24, 2.45) is 0 Å². The van der Waals surface area contributed by atoms with E-state index in [1.54, 1.807) is 0 Å². The van der Waals surface area contributed by atoms with Crippen LogP contribution in [0.1, 0.15) is 56.8 Å². The van der Waals surface area contributed by atoms with Gasteiger partial charge in [-0.25, -0.2) is 0 Å². The highest BCUT2D eigenvalue weighted by molar-refractivity contribution is 6.08. The number of aromatic nitrogens is 1. The molecule has 1 aromatic heterocycles. The van der Waals surface area contributed by atoms with E-state index in [-0.39, 0.29) is 24.0 Å². The zero-order valence-electron chi connectivity index (χ0n) is 40.8. The fourth-order valence-corrected chi connectivity index (χ4v) is 13.5. The first-order valence-electron chi connectivity index (χ1n) is 25.9. The molecule has 0 saturated heterocycles. The molecule has 15 rings (SSSR count). The summed E-state index contributed by atoms with van der Waals surface area (Å²) < 4.78 is 9.11. The molecule has 0 radical (unpaired) electrons. The number of nitrogens with zero attached hydrogens (tertiary/aromatic N) is 2. The number of fused-ring (bicyclic) bond motifs is 17. The first-order valence-corrected chi connectivity index (χ1v) is 25.9. The summed E-state index contributed by atoms with van der Waals surface area (Å²) in [5, 5.41) is 4.90. The van der Waals surface area contributed by atoms with E-state index in [0.29, 0.717) is 0 Å². The van der Waals surface area contributed by atoms with Crippen LogP contribution in [0.5, 0.6) is 5.75 Å². The molecule has 4 unspecified atom stereocenters. The van der Waals surface area contributed by atoms with Crippen molar-refractivity contribution in [2.45, 2.75) is 29.4 Å². The number of allylic oxidation sites excluding steroid dienone is 4. The predicted molar refractivity (Wildman–Crippen MR) is 307 cm³/mol. The number of ether oxygens (including phenoxy) is 1. The van der Waals surface area contributed by atoms with Gasteiger partial charge in [0.25, 0.3) is 0 Å². The Labute approximate surface area is 431 Å². The second-order valence-electron chi connectivity index (χ2n) is 20.3. The molecule has 0 bridgehead atoms. The summed E-state index contributed by atoms with van der Waals surface area (Å²) in [4.78, 5) is 2.48. The predicted octanol–water partition coefficient (Wildman–Crippen LogP) is 18.0. The van der Waals surface area contributed by atoms with Crippen LogP contribution in [0.25, 0.3) is 60.4 Å². The molecular weight excluding hydrogens is 897 g/mol. The molecule has 0 fully saturated rings. The van der Waals surface area contributed by atoms with Crippen molar-refractivity contribution >= 4 is 55.2 Å². The lowest BCUT2D eigenvalue weighted by atomic mass is 9.70. The van der Waals surface area contributed by atoms with E-state index in [2.05, 4.69) is 277 Å². The lowest BCUT2D eigenvalue weighted by Crippen LogP contribution is -2.26. The molecule has 4 atom stereocenters. The Morgan fingerprint density at radius 1 is 0.500 bits per heavy atom. The number of anilines is 3. The molecule has 10 aromatic carbocycles. The normalized spacial score (nSPS) is 16.9. The van der Waals surface area contributed by atoms with E-state index >= 15 is 0 Å². The molecule has 0 N–H and O–H groups in total. The fraction of sp³-hybridized carbons (Fsp3) is 0.0704. The minimum Gasteiger partial charge on any atom is -0.485 e. The standard InChI is InChI=1S/C71H50N2O/c1-3-51(65(4-2)73-67-31-17-11-25-57(67)58-26-12-18-32-68(58)73)45-33-36-49(37-34-45)72(66-30-16-10-21-52(66)48-35-40-69-59(42-48)60-41-46-19-5-6-20-47(46)43-70(60)74-69)50-38-39-56-55-24-9-15-29-63(55)71(64(56)44-50)61-27-13-7-22-53(61)54-23-8-14-28-62(54)71/h3-44,51,59,65,69H,1-2H2. The van der Waals surface area contributed by atoms with Crippen LogP contribution >= 0.6 is 0 Å². The van der Waals surface area contributed by atoms with Crippen molar-refractivity contribution in [3.8, 4) is 28.0 Å². The molecule has 11 aromatic rings. The number of benzene rings is 10. The zero-order valence-corrected chi connectivity index (χ0v) is 40.8. The van der Waals surface area contributed by atoms with Crippen LogP contribution in [0.4, 0.5) is 17.1 Å². The van der Waals surface area contributed by atoms with E-state index in [4.69, 9.17) is 4.74 Å². The van der Waals surface area contributed by atoms with Gasteiger partial charge in [0.05, 0.1) is 17.1 Å². The number of hydrogen-bond acceptors (Lipinski definition) is 2. The largest absolute Gasteiger partial charge is 0.485 e. The highest BCUT2D eigenvalue weighted by Crippen LogP contribution is 2.63. The maximum absolute atomic E-state index is 6.66. The van der Waals surface area contributed by atoms with Gasteiger partial charge in [0.2, 0.25) is 0 Å². The second-order valence-corrected chi connectivity index (χ2v) is 20.3. The second kappa shape index (κ2) is 16.4. The minimum absolute atomic E-state index is 0.0542. The van der Waals surface area contributed by atoms with E-state index in [9.17, 15) is 0 Å². The monoisotopic (exact) mass is 946 g/mol. The molecule has 0 amide bonds. The van der Waals surface area contributed by atoms with Gasteiger partial charge in [0.1, 0.15) is 11.9 Å². The zero-order chi connectivity index (χ0) is 49.1. The molecule has 1 aliphatic heterocycles. The molecule has 4 aliphatic rings. The van der Waals surface area contributed by atoms with Crippen molar-refractivity contribution in [3.63, 3.8) is 0 Å². The Bertz CT molecular complexity index is 4090. The third kappa shape index (κ3) is 6.01. The van der Waals surface area contributed by atoms with Crippen LogP contribution < -0.4 is 9.64 Å². The molecule has 3 heteroatoms.